The van der Waals surface area contributed by atoms with Crippen LogP contribution in [0.1, 0.15) is 47.9 Å². The lowest BCUT2D eigenvalue weighted by atomic mass is 9.87. The van der Waals surface area contributed by atoms with Gasteiger partial charge >= 0.3 is 0 Å². The number of hydrogen-bond acceptors (Lipinski definition) is 11. The van der Waals surface area contributed by atoms with Crippen LogP contribution in [0.5, 0.6) is 0 Å². The molecule has 0 radical (unpaired) electrons. The van der Waals surface area contributed by atoms with Gasteiger partial charge in [0.1, 0.15) is 11.2 Å². The highest BCUT2D eigenvalue weighted by Crippen LogP contribution is 2.44. The van der Waals surface area contributed by atoms with Crippen LogP contribution in [0.2, 0.25) is 0 Å². The van der Waals surface area contributed by atoms with E-state index in [0.29, 0.717) is 45.7 Å². The molecule has 1 amide bonds. The predicted molar refractivity (Wildman–Crippen MR) is 146 cm³/mol. The molecule has 0 saturated carbocycles. The highest BCUT2D eigenvalue weighted by atomic mass is 32.2. The quantitative estimate of drug-likeness (QED) is 0.306. The van der Waals surface area contributed by atoms with Crippen molar-refractivity contribution < 1.29 is 18.4 Å². The van der Waals surface area contributed by atoms with Crippen molar-refractivity contribution >= 4 is 27.1 Å². The van der Waals surface area contributed by atoms with Crippen LogP contribution in [0, 0.1) is 15.8 Å². The lowest BCUT2D eigenvalue weighted by Gasteiger charge is -2.38. The number of aromatic amines is 1. The first-order chi connectivity index (χ1) is 20.2. The molecule has 15 heteroatoms. The number of H-pyrrole nitrogens is 1. The standard InChI is InChI=1S/C27H26N10O4S/c1-42(40,41)23-22(16-10-17-6-7-18(11-16)36(17)27(38)25-30-14-31-34-25)33-26-19(13-32-37(26)24(23)28)15-5-8-20(29-12-15)21-4-2-3-9-35(21)39/h2-5,8-9,12-14,16-18,28,39H,6-7,10-11H2,1H3,(H,30,31,34)/t16?,17-,18+. The summed E-state index contributed by atoms with van der Waals surface area (Å²) in [6, 6.07) is 3.35. The van der Waals surface area contributed by atoms with Crippen molar-refractivity contribution in [1.29, 1.82) is 5.41 Å². The highest BCUT2D eigenvalue weighted by Gasteiger charge is 2.46. The number of nitrogens with zero attached hydrogens (tertiary/aromatic N) is 8. The highest BCUT2D eigenvalue weighted by molar-refractivity contribution is 7.90. The molecule has 3 N–H and O–H groups in total. The smallest absolute Gasteiger partial charge is 0.291 e. The Morgan fingerprint density at radius 2 is 1.90 bits per heavy atom. The van der Waals surface area contributed by atoms with Gasteiger partial charge in [0.05, 0.1) is 22.9 Å². The third-order valence-corrected chi connectivity index (χ3v) is 9.29. The number of rotatable bonds is 3. The molecule has 2 saturated heterocycles. The number of sulfone groups is 1. The second-order valence-corrected chi connectivity index (χ2v) is 12.7. The van der Waals surface area contributed by atoms with Gasteiger partial charge in [-0.25, -0.2) is 23.4 Å². The van der Waals surface area contributed by atoms with Gasteiger partial charge in [-0.15, -0.1) is 0 Å². The number of pyridine rings is 1. The molecule has 3 aliphatic heterocycles. The molecule has 42 heavy (non-hydrogen) atoms. The lowest BCUT2D eigenvalue weighted by Crippen LogP contribution is -2.47. The lowest BCUT2D eigenvalue weighted by molar-refractivity contribution is 0.0239. The zero-order valence-electron chi connectivity index (χ0n) is 22.4. The molecule has 7 heterocycles. The second kappa shape index (κ2) is 9.66. The average Bonchev–Trinajstić information content (AvgIpc) is 3.71. The van der Waals surface area contributed by atoms with E-state index in [1.54, 1.807) is 36.7 Å². The Bertz CT molecular complexity index is 2090. The fraction of sp³-hybridized carbons (Fsp3) is 0.296. The van der Waals surface area contributed by atoms with Gasteiger partial charge < -0.3 is 4.90 Å². The summed E-state index contributed by atoms with van der Waals surface area (Å²) in [5.41, 5.74) is 0.932. The van der Waals surface area contributed by atoms with Crippen LogP contribution in [0.4, 0.5) is 0 Å². The van der Waals surface area contributed by atoms with Crippen LogP contribution >= 0.6 is 0 Å². The summed E-state index contributed by atoms with van der Waals surface area (Å²) in [5.74, 6) is -0.316. The summed E-state index contributed by atoms with van der Waals surface area (Å²) in [4.78, 5) is 28.2. The van der Waals surface area contributed by atoms with Crippen molar-refractivity contribution in [2.24, 2.45) is 0 Å². The second-order valence-electron chi connectivity index (χ2n) is 10.7. The maximum atomic E-state index is 13.1. The summed E-state index contributed by atoms with van der Waals surface area (Å²) < 4.78 is 27.3. The van der Waals surface area contributed by atoms with Crippen LogP contribution in [0.25, 0.3) is 11.3 Å². The van der Waals surface area contributed by atoms with E-state index >= 15 is 0 Å². The molecule has 14 nitrogen and oxygen atoms in total. The Kier molecular flexibility index (Phi) is 6.02. The summed E-state index contributed by atoms with van der Waals surface area (Å²) in [7, 11) is -3.83. The number of hydrogen-bond donors (Lipinski definition) is 3. The van der Waals surface area contributed by atoms with E-state index in [4.69, 9.17) is 10.4 Å². The van der Waals surface area contributed by atoms with Crippen molar-refractivity contribution in [3.8, 4) is 0 Å². The van der Waals surface area contributed by atoms with E-state index in [-0.39, 0.29) is 40.1 Å². The molecule has 0 aromatic carbocycles. The van der Waals surface area contributed by atoms with Gasteiger partial charge in [-0.05, 0) is 43.9 Å². The van der Waals surface area contributed by atoms with E-state index in [2.05, 4.69) is 25.3 Å². The van der Waals surface area contributed by atoms with Crippen LogP contribution in [0.15, 0.2) is 60.2 Å². The van der Waals surface area contributed by atoms with Crippen LogP contribution in [-0.4, -0.2) is 82.6 Å². The number of piperidine rings is 1. The molecule has 0 spiro atoms. The third kappa shape index (κ3) is 4.19. The summed E-state index contributed by atoms with van der Waals surface area (Å²) in [5, 5.41) is 32.6. The molecule has 4 aromatic heterocycles. The Morgan fingerprint density at radius 1 is 1.12 bits per heavy atom. The molecule has 214 valence electrons. The number of carbonyl (C=O) groups excluding carboxylic acids is 1. The minimum Gasteiger partial charge on any atom is -0.330 e. The van der Waals surface area contributed by atoms with Crippen molar-refractivity contribution in [3.63, 3.8) is 0 Å². The van der Waals surface area contributed by atoms with Gasteiger partial charge in [-0.2, -0.15) is 14.7 Å². The summed E-state index contributed by atoms with van der Waals surface area (Å²) >= 11 is 0. The molecule has 4 aromatic rings. The van der Waals surface area contributed by atoms with Crippen molar-refractivity contribution in [3.05, 3.63) is 88.1 Å². The number of nitrogens with one attached hydrogen (secondary N) is 2. The van der Waals surface area contributed by atoms with Crippen LogP contribution in [0.3, 0.4) is 0 Å². The Morgan fingerprint density at radius 3 is 2.55 bits per heavy atom. The monoisotopic (exact) mass is 586 g/mol. The molecule has 2 fully saturated rings. The van der Waals surface area contributed by atoms with E-state index in [0.717, 1.165) is 24.2 Å². The molecule has 7 rings (SSSR count). The average molecular weight is 587 g/mol. The molecule has 3 aliphatic rings. The van der Waals surface area contributed by atoms with Gasteiger partial charge in [-0.1, -0.05) is 12.1 Å². The third-order valence-electron chi connectivity index (χ3n) is 8.15. The number of hydroxylamine groups is 2. The largest absolute Gasteiger partial charge is 0.330 e. The molecule has 3 atom stereocenters. The predicted octanol–water partition coefficient (Wildman–Crippen LogP) is 0.565. The molecule has 1 unspecified atom stereocenters. The first-order valence-corrected chi connectivity index (χ1v) is 15.3. The van der Waals surface area contributed by atoms with Crippen molar-refractivity contribution in [2.45, 2.75) is 48.6 Å². The molecule has 0 aliphatic carbocycles. The Balaban J connectivity index is 1.35. The van der Waals surface area contributed by atoms with E-state index in [1.807, 2.05) is 11.0 Å². The zero-order chi connectivity index (χ0) is 29.2. The SMILES string of the molecule is CS(=O)(=O)c1c(C2C[C@H]3CC[C@@H](C2)N3C(=O)c2ncn[nH]2)nc2c(=c3ccc(=C4C=CC=CN4O)nc3)cnn2c1=N. The van der Waals surface area contributed by atoms with Gasteiger partial charge in [0.2, 0.25) is 5.82 Å². The topological polar surface area (TPSA) is 186 Å². The zero-order valence-corrected chi connectivity index (χ0v) is 23.2. The first kappa shape index (κ1) is 26.2. The van der Waals surface area contributed by atoms with E-state index < -0.39 is 9.84 Å². The number of carbonyl (C=O) groups is 1. The van der Waals surface area contributed by atoms with Crippen molar-refractivity contribution in [2.75, 3.05) is 6.26 Å². The summed E-state index contributed by atoms with van der Waals surface area (Å²) in [6.07, 6.45) is 14.9. The maximum absolute atomic E-state index is 13.1. The normalized spacial score (nSPS) is 24.1. The molecular formula is C27H26N10O4S. The Labute approximate surface area is 238 Å². The van der Waals surface area contributed by atoms with E-state index in [1.165, 1.54) is 17.0 Å². The van der Waals surface area contributed by atoms with Gasteiger partial charge in [-0.3, -0.25) is 25.5 Å². The van der Waals surface area contributed by atoms with Crippen LogP contribution < -0.4 is 10.8 Å². The van der Waals surface area contributed by atoms with E-state index in [9.17, 15) is 18.4 Å². The maximum Gasteiger partial charge on any atom is 0.291 e. The van der Waals surface area contributed by atoms with Crippen molar-refractivity contribution in [1.82, 2.24) is 44.7 Å². The fourth-order valence-electron chi connectivity index (χ4n) is 6.35. The van der Waals surface area contributed by atoms with Gasteiger partial charge in [0.25, 0.3) is 5.91 Å². The Hall–Kier alpha value is -4.76. The number of allylic oxidation sites excluding steroid dienone is 2. The van der Waals surface area contributed by atoms with Gasteiger partial charge in [0.15, 0.2) is 21.0 Å². The first-order valence-electron chi connectivity index (χ1n) is 13.4. The molecular weight excluding hydrogens is 560 g/mol. The minimum absolute atomic E-state index is 0.112. The minimum atomic E-state index is -3.83. The summed E-state index contributed by atoms with van der Waals surface area (Å²) in [6.45, 7) is 0. The number of fused-ring (bicyclic) bond motifs is 3. The fourth-order valence-corrected chi connectivity index (χ4v) is 7.38. The van der Waals surface area contributed by atoms with Crippen LogP contribution in [-0.2, 0) is 9.84 Å². The number of amides is 1. The number of aromatic nitrogens is 7. The van der Waals surface area contributed by atoms with Gasteiger partial charge in [0, 0.05) is 47.1 Å². The molecule has 2 bridgehead atoms.